The average Bonchev–Trinajstić information content (AvgIpc) is 2.73. The molecule has 4 rings (SSSR count). The Bertz CT molecular complexity index is 839. The summed E-state index contributed by atoms with van der Waals surface area (Å²) in [5.74, 6) is 1.54. The molecule has 0 aliphatic carbocycles. The summed E-state index contributed by atoms with van der Waals surface area (Å²) in [6, 6.07) is 13.6. The number of methoxy groups -OCH3 is 2. The first-order chi connectivity index (χ1) is 13.7. The summed E-state index contributed by atoms with van der Waals surface area (Å²) in [5.41, 5.74) is 11.7. The highest BCUT2D eigenvalue weighted by atomic mass is 16.5. The first-order valence-electron chi connectivity index (χ1n) is 10.3. The fraction of sp³-hybridized carbons (Fsp3) is 0.478. The number of benzene rings is 2. The zero-order chi connectivity index (χ0) is 19.7. The van der Waals surface area contributed by atoms with Crippen LogP contribution >= 0.6 is 0 Å². The highest BCUT2D eigenvalue weighted by molar-refractivity contribution is 5.86. The van der Waals surface area contributed by atoms with Crippen LogP contribution in [0.1, 0.15) is 37.8 Å². The number of hydrogen-bond donors (Lipinski definition) is 2. The van der Waals surface area contributed by atoms with Crippen molar-refractivity contribution in [2.75, 3.05) is 32.2 Å². The van der Waals surface area contributed by atoms with E-state index in [1.807, 2.05) is 0 Å². The number of nitrogens with one attached hydrogen (secondary N) is 1. The van der Waals surface area contributed by atoms with Gasteiger partial charge < -0.3 is 25.4 Å². The van der Waals surface area contributed by atoms with E-state index in [-0.39, 0.29) is 12.1 Å². The number of para-hydroxylation sites is 1. The summed E-state index contributed by atoms with van der Waals surface area (Å²) in [6.45, 7) is 4.16. The van der Waals surface area contributed by atoms with Crippen LogP contribution < -0.4 is 25.4 Å². The van der Waals surface area contributed by atoms with E-state index >= 15 is 0 Å². The van der Waals surface area contributed by atoms with Crippen LogP contribution in [0.5, 0.6) is 11.5 Å². The second-order valence-electron chi connectivity index (χ2n) is 7.79. The van der Waals surface area contributed by atoms with E-state index in [1.165, 1.54) is 35.2 Å². The van der Waals surface area contributed by atoms with Crippen LogP contribution in [0.15, 0.2) is 36.4 Å². The van der Waals surface area contributed by atoms with Crippen molar-refractivity contribution >= 4 is 5.69 Å². The van der Waals surface area contributed by atoms with Gasteiger partial charge in [-0.15, -0.1) is 0 Å². The van der Waals surface area contributed by atoms with Crippen LogP contribution in [0.25, 0.3) is 11.1 Å². The summed E-state index contributed by atoms with van der Waals surface area (Å²) in [5, 5.41) is 3.69. The van der Waals surface area contributed by atoms with Crippen molar-refractivity contribution in [3.05, 3.63) is 42.0 Å². The molecule has 150 valence electrons. The molecule has 1 fully saturated rings. The monoisotopic (exact) mass is 381 g/mol. The molecule has 0 radical (unpaired) electrons. The molecule has 0 amide bonds. The number of hydrogen-bond acceptors (Lipinski definition) is 5. The van der Waals surface area contributed by atoms with Crippen LogP contribution in [0, 0.1) is 0 Å². The third kappa shape index (κ3) is 3.23. The van der Waals surface area contributed by atoms with Crippen molar-refractivity contribution in [2.24, 2.45) is 5.73 Å². The number of ether oxygens (including phenoxy) is 2. The molecule has 2 aliphatic rings. The average molecular weight is 382 g/mol. The Morgan fingerprint density at radius 2 is 1.86 bits per heavy atom. The van der Waals surface area contributed by atoms with Crippen molar-refractivity contribution < 1.29 is 9.47 Å². The Morgan fingerprint density at radius 1 is 1.11 bits per heavy atom. The molecule has 2 heterocycles. The maximum Gasteiger partial charge on any atom is 0.161 e. The number of fused-ring (bicyclic) bond motifs is 6. The molecule has 1 saturated heterocycles. The largest absolute Gasteiger partial charge is 0.493 e. The number of unbranched alkanes of at least 4 members (excludes halogenated alkanes) is 1. The molecule has 2 aromatic rings. The van der Waals surface area contributed by atoms with Gasteiger partial charge in [0, 0.05) is 29.9 Å². The van der Waals surface area contributed by atoms with Gasteiger partial charge in [0.05, 0.1) is 20.3 Å². The van der Waals surface area contributed by atoms with Gasteiger partial charge in [-0.3, -0.25) is 0 Å². The van der Waals surface area contributed by atoms with Gasteiger partial charge in [0.15, 0.2) is 11.5 Å². The van der Waals surface area contributed by atoms with E-state index in [9.17, 15) is 0 Å². The minimum atomic E-state index is 0.129. The maximum atomic E-state index is 6.63. The van der Waals surface area contributed by atoms with Gasteiger partial charge >= 0.3 is 0 Å². The highest BCUT2D eigenvalue weighted by Gasteiger charge is 2.39. The summed E-state index contributed by atoms with van der Waals surface area (Å²) in [7, 11) is 3.38. The van der Waals surface area contributed by atoms with Crippen LogP contribution in [0.3, 0.4) is 0 Å². The third-order valence-electron chi connectivity index (χ3n) is 6.14. The van der Waals surface area contributed by atoms with Gasteiger partial charge in [-0.05, 0) is 48.7 Å². The molecule has 3 N–H and O–H groups in total. The molecule has 0 spiro atoms. The van der Waals surface area contributed by atoms with Crippen LogP contribution in [-0.2, 0) is 0 Å². The second-order valence-corrected chi connectivity index (χ2v) is 7.79. The fourth-order valence-electron chi connectivity index (χ4n) is 4.62. The number of rotatable bonds is 6. The van der Waals surface area contributed by atoms with E-state index in [0.717, 1.165) is 31.0 Å². The third-order valence-corrected chi connectivity index (χ3v) is 6.14. The van der Waals surface area contributed by atoms with Gasteiger partial charge in [-0.2, -0.15) is 0 Å². The number of piperidine rings is 1. The zero-order valence-corrected chi connectivity index (χ0v) is 17.1. The SMILES string of the molecule is CCCCNC1CN2c3ccccc3-c3cc(OC)c(OC)cc3C2CC1N. The van der Waals surface area contributed by atoms with Gasteiger partial charge in [-0.25, -0.2) is 0 Å². The number of nitrogens with two attached hydrogens (primary N) is 1. The van der Waals surface area contributed by atoms with Crippen molar-refractivity contribution in [3.63, 3.8) is 0 Å². The highest BCUT2D eigenvalue weighted by Crippen LogP contribution is 2.50. The predicted molar refractivity (Wildman–Crippen MR) is 114 cm³/mol. The number of nitrogens with zero attached hydrogens (tertiary/aromatic N) is 1. The van der Waals surface area contributed by atoms with E-state index in [4.69, 9.17) is 15.2 Å². The Morgan fingerprint density at radius 3 is 2.61 bits per heavy atom. The van der Waals surface area contributed by atoms with Crippen LogP contribution in [0.2, 0.25) is 0 Å². The lowest BCUT2D eigenvalue weighted by molar-refractivity contribution is 0.323. The summed E-state index contributed by atoms with van der Waals surface area (Å²) < 4.78 is 11.2. The lowest BCUT2D eigenvalue weighted by Crippen LogP contribution is -2.58. The molecule has 3 atom stereocenters. The summed E-state index contributed by atoms with van der Waals surface area (Å²) in [6.07, 6.45) is 3.29. The lowest BCUT2D eigenvalue weighted by atomic mass is 9.81. The van der Waals surface area contributed by atoms with E-state index in [1.54, 1.807) is 14.2 Å². The Labute approximate surface area is 167 Å². The molecule has 5 nitrogen and oxygen atoms in total. The molecule has 0 aromatic heterocycles. The first kappa shape index (κ1) is 19.1. The van der Waals surface area contributed by atoms with Gasteiger partial charge in [0.1, 0.15) is 0 Å². The van der Waals surface area contributed by atoms with E-state index in [2.05, 4.69) is 53.5 Å². The Balaban J connectivity index is 1.75. The van der Waals surface area contributed by atoms with Gasteiger partial charge in [0.2, 0.25) is 0 Å². The normalized spacial score (nSPS) is 22.9. The smallest absolute Gasteiger partial charge is 0.161 e. The molecule has 0 saturated carbocycles. The topological polar surface area (TPSA) is 59.8 Å². The second kappa shape index (κ2) is 8.02. The molecular formula is C23H31N3O2. The van der Waals surface area contributed by atoms with Crippen molar-refractivity contribution in [3.8, 4) is 22.6 Å². The first-order valence-corrected chi connectivity index (χ1v) is 10.3. The predicted octanol–water partition coefficient (Wildman–Crippen LogP) is 3.72. The van der Waals surface area contributed by atoms with Crippen LogP contribution in [0.4, 0.5) is 5.69 Å². The Kier molecular flexibility index (Phi) is 5.47. The summed E-state index contributed by atoms with van der Waals surface area (Å²) >= 11 is 0. The lowest BCUT2D eigenvalue weighted by Gasteiger charge is -2.48. The fourth-order valence-corrected chi connectivity index (χ4v) is 4.62. The molecule has 3 unspecified atom stereocenters. The minimum absolute atomic E-state index is 0.129. The number of anilines is 1. The van der Waals surface area contributed by atoms with Gasteiger partial charge in [0.25, 0.3) is 0 Å². The maximum absolute atomic E-state index is 6.63. The van der Waals surface area contributed by atoms with Crippen molar-refractivity contribution in [2.45, 2.75) is 44.3 Å². The van der Waals surface area contributed by atoms with E-state index in [0.29, 0.717) is 6.04 Å². The van der Waals surface area contributed by atoms with Crippen molar-refractivity contribution in [1.29, 1.82) is 0 Å². The molecular weight excluding hydrogens is 350 g/mol. The van der Waals surface area contributed by atoms with Crippen molar-refractivity contribution in [1.82, 2.24) is 5.32 Å². The summed E-state index contributed by atoms with van der Waals surface area (Å²) in [4.78, 5) is 2.52. The quantitative estimate of drug-likeness (QED) is 0.747. The minimum Gasteiger partial charge on any atom is -0.493 e. The molecule has 0 bridgehead atoms. The van der Waals surface area contributed by atoms with Crippen LogP contribution in [-0.4, -0.2) is 39.4 Å². The van der Waals surface area contributed by atoms with E-state index < -0.39 is 0 Å². The molecule has 5 heteroatoms. The molecule has 28 heavy (non-hydrogen) atoms. The zero-order valence-electron chi connectivity index (χ0n) is 17.1. The molecule has 2 aliphatic heterocycles. The van der Waals surface area contributed by atoms with Gasteiger partial charge in [-0.1, -0.05) is 31.5 Å². The Hall–Kier alpha value is -2.24. The molecule has 2 aromatic carbocycles. The standard InChI is InChI=1S/C23H31N3O2/c1-4-5-10-25-19-14-26-20-9-7-6-8-15(20)16-11-22(27-2)23(28-3)12-17(16)21(26)13-18(19)24/h6-9,11-12,18-19,21,25H,4-5,10,13-14,24H2,1-3H3.